The van der Waals surface area contributed by atoms with E-state index in [4.69, 9.17) is 44.0 Å². The van der Waals surface area contributed by atoms with Crippen LogP contribution in [0.15, 0.2) is 126 Å². The number of benzene rings is 4. The average molecular weight is 1570 g/mol. The molecular weight excluding hydrogens is 1470 g/mol. The molecule has 0 radical (unpaired) electrons. The molecule has 0 spiro atoms. The highest BCUT2D eigenvalue weighted by molar-refractivity contribution is 7.85. The number of nitrogens with two attached hydrogens (primary N) is 1. The van der Waals surface area contributed by atoms with Gasteiger partial charge in [-0.05, 0) is 91.3 Å². The molecule has 4 aliphatic rings. The third kappa shape index (κ3) is 20.4. The minimum atomic E-state index is -4.91. The van der Waals surface area contributed by atoms with Crippen LogP contribution in [-0.4, -0.2) is 221 Å². The van der Waals surface area contributed by atoms with E-state index in [9.17, 15) is 71.1 Å². The van der Waals surface area contributed by atoms with Crippen molar-refractivity contribution in [3.8, 4) is 0 Å². The largest absolute Gasteiger partial charge is 0.481 e. The van der Waals surface area contributed by atoms with Gasteiger partial charge in [-0.15, -0.1) is 0 Å². The number of esters is 4. The van der Waals surface area contributed by atoms with Crippen molar-refractivity contribution in [3.63, 3.8) is 0 Å². The third-order valence-electron chi connectivity index (χ3n) is 20.6. The quantitative estimate of drug-likeness (QED) is 0.0108. The molecule has 2 bridgehead atoms. The Bertz CT molecular complexity index is 4280. The lowest BCUT2D eigenvalue weighted by Gasteiger charge is -2.67. The number of anilines is 1. The van der Waals surface area contributed by atoms with Crippen LogP contribution in [-0.2, 0) is 88.2 Å². The number of nitrogens with zero attached hydrogens (tertiary/aromatic N) is 2. The van der Waals surface area contributed by atoms with Crippen LogP contribution in [0.3, 0.4) is 0 Å². The number of amides is 8. The van der Waals surface area contributed by atoms with Crippen LogP contribution in [0.2, 0.25) is 0 Å². The molecule has 3 fully saturated rings. The molecule has 2 saturated carbocycles. The molecule has 1 aliphatic heterocycles. The minimum Gasteiger partial charge on any atom is -0.481 e. The van der Waals surface area contributed by atoms with Crippen molar-refractivity contribution >= 4 is 93.3 Å². The van der Waals surface area contributed by atoms with Crippen molar-refractivity contribution in [2.24, 2.45) is 28.4 Å². The molecule has 600 valence electrons. The normalized spacial score (nSPS) is 23.3. The summed E-state index contributed by atoms with van der Waals surface area (Å²) in [5.41, 5.74) is -3.14. The molecule has 4 aromatic rings. The van der Waals surface area contributed by atoms with Crippen LogP contribution in [0.4, 0.5) is 20.1 Å². The van der Waals surface area contributed by atoms with Crippen LogP contribution in [0.1, 0.15) is 132 Å². The summed E-state index contributed by atoms with van der Waals surface area (Å²) in [6, 6.07) is 23.5. The number of fused-ring (bicyclic) bond motifs is 5. The highest BCUT2D eigenvalue weighted by atomic mass is 32.2. The first-order valence-corrected chi connectivity index (χ1v) is 37.4. The number of likely N-dealkylation sites (N-methyl/N-ethyl adjacent to an activating group) is 1. The Morgan fingerprint density at radius 1 is 0.757 bits per heavy atom. The number of nitrogens with one attached hydrogen (secondary N) is 5. The Kier molecular flexibility index (Phi) is 28.0. The Morgan fingerprint density at radius 3 is 1.95 bits per heavy atom. The summed E-state index contributed by atoms with van der Waals surface area (Å²) >= 11 is 0. The average Bonchev–Trinajstić information content (AvgIpc) is 0.668. The number of ether oxygens (including phenoxy) is 7. The molecule has 13 atom stereocenters. The van der Waals surface area contributed by atoms with Crippen molar-refractivity contribution < 1.29 is 124 Å². The van der Waals surface area contributed by atoms with Crippen LogP contribution in [0.5, 0.6) is 0 Å². The van der Waals surface area contributed by atoms with Gasteiger partial charge in [0.2, 0.25) is 23.8 Å². The highest BCUT2D eigenvalue weighted by Crippen LogP contribution is 2.64. The number of rotatable bonds is 32. The maximum atomic E-state index is 16.0. The summed E-state index contributed by atoms with van der Waals surface area (Å²) in [5.74, 6) is -13.1. The van der Waals surface area contributed by atoms with Gasteiger partial charge in [-0.25, -0.2) is 24.0 Å². The van der Waals surface area contributed by atoms with E-state index in [1.165, 1.54) is 120 Å². The molecule has 1 saturated heterocycles. The molecule has 35 heteroatoms. The summed E-state index contributed by atoms with van der Waals surface area (Å²) in [6.45, 7) is 8.19. The number of urea groups is 1. The lowest BCUT2D eigenvalue weighted by molar-refractivity contribution is -0.346. The molecular formula is C76H94N8O26S. The van der Waals surface area contributed by atoms with Gasteiger partial charge in [0.25, 0.3) is 16.0 Å². The molecule has 0 unspecified atom stereocenters. The van der Waals surface area contributed by atoms with Gasteiger partial charge in [0, 0.05) is 83.0 Å². The van der Waals surface area contributed by atoms with E-state index in [0.717, 1.165) is 23.6 Å². The Morgan fingerprint density at radius 2 is 1.38 bits per heavy atom. The van der Waals surface area contributed by atoms with Crippen molar-refractivity contribution in [2.45, 2.75) is 166 Å². The van der Waals surface area contributed by atoms with Gasteiger partial charge >= 0.3 is 48.1 Å². The number of aliphatic hydroxyl groups excluding tert-OH is 1. The first kappa shape index (κ1) is 85.7. The van der Waals surface area contributed by atoms with Crippen molar-refractivity contribution in [3.05, 3.63) is 149 Å². The van der Waals surface area contributed by atoms with Gasteiger partial charge in [-0.1, -0.05) is 107 Å². The van der Waals surface area contributed by atoms with Gasteiger partial charge < -0.3 is 90.6 Å². The van der Waals surface area contributed by atoms with E-state index < -0.39 is 234 Å². The Hall–Kier alpha value is -10.9. The number of aliphatic hydroxyl groups is 2. The summed E-state index contributed by atoms with van der Waals surface area (Å²) in [6.07, 6.45) is -15.6. The predicted octanol–water partition coefficient (Wildman–Crippen LogP) is 4.22. The summed E-state index contributed by atoms with van der Waals surface area (Å²) in [4.78, 5) is 181. The van der Waals surface area contributed by atoms with E-state index in [2.05, 4.69) is 26.6 Å². The lowest BCUT2D eigenvalue weighted by atomic mass is 9.44. The maximum Gasteiger partial charge on any atom is 0.410 e. The van der Waals surface area contributed by atoms with E-state index in [1.54, 1.807) is 44.2 Å². The number of carbonyl (C=O) groups excluding carboxylic acids is 12. The monoisotopic (exact) mass is 1570 g/mol. The van der Waals surface area contributed by atoms with Gasteiger partial charge in [0.15, 0.2) is 17.5 Å². The summed E-state index contributed by atoms with van der Waals surface area (Å²) < 4.78 is 77.8. The minimum absolute atomic E-state index is 0.0240. The number of Topliss-reactive ketones (excluding diaryl/α,β-unsaturated/α-hetero) is 1. The summed E-state index contributed by atoms with van der Waals surface area (Å²) in [5, 5.41) is 48.6. The molecule has 111 heavy (non-hydrogen) atoms. The van der Waals surface area contributed by atoms with Crippen molar-refractivity contribution in [2.75, 3.05) is 50.9 Å². The first-order chi connectivity index (χ1) is 52.2. The number of primary amides is 1. The fourth-order valence-corrected chi connectivity index (χ4v) is 15.0. The zero-order chi connectivity index (χ0) is 81.7. The zero-order valence-electron chi connectivity index (χ0n) is 62.7. The van der Waals surface area contributed by atoms with Gasteiger partial charge in [-0.2, -0.15) is 8.42 Å². The fourth-order valence-electron chi connectivity index (χ4n) is 14.6. The van der Waals surface area contributed by atoms with Gasteiger partial charge in [-0.3, -0.25) is 42.9 Å². The van der Waals surface area contributed by atoms with Crippen LogP contribution in [0, 0.1) is 22.7 Å². The molecule has 34 nitrogen and oxygen atoms in total. The number of carboxylic acids is 1. The molecule has 8 amide bonds. The number of carbonyl (C=O) groups is 13. The third-order valence-corrected chi connectivity index (χ3v) is 21.3. The van der Waals surface area contributed by atoms with Crippen molar-refractivity contribution in [1.82, 2.24) is 31.1 Å². The standard InChI is InChI=1S/C76H94N8O26S/c1-42(2)58(81-55(88)31-32-56(89)90)67(94)80-51(26-19-33-78-70(77)97)66(93)79-50-29-27-46(28-30-50)40-104-71(98)83(9)34-35-84(36-37-111(101,102)103)72(99)108-61(59(47-20-13-10-14-21-47)82-65(92)48-22-15-11-16-23-48)69(96)107-52-39-76(100)64(109-68(95)49-24-17-12-18-25-49)62-74(8,53(87)38-54-75(62,41-105-54)110-45(5)86)63(91)60(106-44(4)85)57(43(52)3)73(76,6)7/h10-18,20-25,27-30,42,51-54,58-62,64,87,100H,19,26,31-41H2,1-9H3,(H,79,93)(H,80,94)(H,81,88)(H,82,92)(H,89,90)(H3,77,78,97)(H,101,102,103)/t51-,52-,53-,54+,58-,59-,60+,61+,62-,64-,74+,75-,76+/m0/s1. The topological polar surface area (TPSA) is 494 Å². The van der Waals surface area contributed by atoms with Crippen molar-refractivity contribution in [1.29, 1.82) is 0 Å². The van der Waals surface area contributed by atoms with Gasteiger partial charge in [0.05, 0.1) is 41.8 Å². The van der Waals surface area contributed by atoms with Crippen LogP contribution in [0.25, 0.3) is 0 Å². The number of hydrogen-bond donors (Lipinski definition) is 10. The molecule has 3 aliphatic carbocycles. The van der Waals surface area contributed by atoms with E-state index >= 15 is 14.4 Å². The molecule has 1 heterocycles. The maximum absolute atomic E-state index is 16.0. The highest BCUT2D eigenvalue weighted by Gasteiger charge is 2.78. The van der Waals surface area contributed by atoms with Crippen LogP contribution >= 0.6 is 0 Å². The smallest absolute Gasteiger partial charge is 0.410 e. The second-order valence-corrected chi connectivity index (χ2v) is 30.4. The van der Waals surface area contributed by atoms with E-state index in [-0.39, 0.29) is 59.3 Å². The van der Waals surface area contributed by atoms with Crippen LogP contribution < -0.4 is 32.3 Å². The fraction of sp³-hybridized carbons (Fsp3) is 0.487. The Balaban J connectivity index is 1.09. The van der Waals surface area contributed by atoms with E-state index in [1.807, 2.05) is 0 Å². The number of ketones is 1. The summed E-state index contributed by atoms with van der Waals surface area (Å²) in [7, 11) is -3.66. The Labute approximate surface area is 639 Å². The molecule has 4 aromatic carbocycles. The number of hydrogen-bond acceptors (Lipinski definition) is 24. The number of carboxylic acid groups (broad SMARTS) is 1. The number of aliphatic carboxylic acids is 1. The predicted molar refractivity (Wildman–Crippen MR) is 390 cm³/mol. The molecule has 0 aromatic heterocycles. The lowest BCUT2D eigenvalue weighted by Crippen LogP contribution is -2.82. The zero-order valence-corrected chi connectivity index (χ0v) is 63.5. The van der Waals surface area contributed by atoms with Gasteiger partial charge in [0.1, 0.15) is 48.6 Å². The van der Waals surface area contributed by atoms with E-state index in [0.29, 0.717) is 5.56 Å². The second-order valence-electron chi connectivity index (χ2n) is 28.8. The second kappa shape index (κ2) is 36.3. The first-order valence-electron chi connectivity index (χ1n) is 35.8. The molecule has 8 rings (SSSR count). The SMILES string of the molecule is CC(=O)O[C@H]1C(=O)[C@@]2(C)[C@H]([C@H](OC(=O)c3ccccc3)[C@]3(O)C[C@H](OC(=O)[C@H](OC(=O)N(CCN(C)C(=O)OCc4ccc(NC(=O)[C@H](CCCNC(N)=O)NC(=O)[C@@H](NC(=O)CCC(=O)O)C(C)C)cc4)CCS(=O)(=O)O)[C@@H](NC(=O)c4ccccc4)c4ccccc4)C(C)=C1C3(C)C)[C@]1(OC(C)=O)CO[C@@H]1C[C@@H]2O. The molecule has 11 N–H and O–H groups in total.